The Morgan fingerprint density at radius 1 is 1.60 bits per heavy atom. The molecule has 1 saturated heterocycles. The minimum atomic E-state index is 0.0362. The van der Waals surface area contributed by atoms with E-state index in [2.05, 4.69) is 0 Å². The highest BCUT2D eigenvalue weighted by Gasteiger charge is 2.36. The van der Waals surface area contributed by atoms with Gasteiger partial charge in [0.25, 0.3) is 0 Å². The third kappa shape index (κ3) is 2.49. The fourth-order valence-electron chi connectivity index (χ4n) is 2.15. The lowest BCUT2D eigenvalue weighted by Crippen LogP contribution is -2.49. The number of hydrogen-bond donors (Lipinski definition) is 1. The topological polar surface area (TPSA) is 55.6 Å². The molecule has 1 saturated carbocycles. The van der Waals surface area contributed by atoms with Gasteiger partial charge in [0.1, 0.15) is 0 Å². The summed E-state index contributed by atoms with van der Waals surface area (Å²) >= 11 is 0. The van der Waals surface area contributed by atoms with Gasteiger partial charge in [-0.1, -0.05) is 6.92 Å². The summed E-state index contributed by atoms with van der Waals surface area (Å²) in [6.07, 6.45) is 2.48. The number of carbonyl (C=O) groups excluding carboxylic acids is 1. The summed E-state index contributed by atoms with van der Waals surface area (Å²) in [6.45, 7) is 4.58. The fourth-order valence-corrected chi connectivity index (χ4v) is 2.15. The van der Waals surface area contributed by atoms with Crippen LogP contribution < -0.4 is 5.73 Å². The van der Waals surface area contributed by atoms with Gasteiger partial charge >= 0.3 is 0 Å². The van der Waals surface area contributed by atoms with Crippen molar-refractivity contribution in [2.24, 2.45) is 17.6 Å². The van der Waals surface area contributed by atoms with Crippen LogP contribution in [0.5, 0.6) is 0 Å². The summed E-state index contributed by atoms with van der Waals surface area (Å²) in [5.41, 5.74) is 5.55. The van der Waals surface area contributed by atoms with Crippen molar-refractivity contribution in [3.8, 4) is 0 Å². The first-order chi connectivity index (χ1) is 7.22. The van der Waals surface area contributed by atoms with Crippen LogP contribution in [0.3, 0.4) is 0 Å². The molecule has 1 aliphatic carbocycles. The number of amides is 1. The second-order valence-corrected chi connectivity index (χ2v) is 4.64. The van der Waals surface area contributed by atoms with E-state index in [-0.39, 0.29) is 12.0 Å². The van der Waals surface area contributed by atoms with Gasteiger partial charge in [0.05, 0.1) is 12.7 Å². The predicted molar refractivity (Wildman–Crippen MR) is 57.3 cm³/mol. The number of morpholine rings is 1. The molecule has 2 fully saturated rings. The molecule has 1 heterocycles. The molecule has 86 valence electrons. The van der Waals surface area contributed by atoms with E-state index in [1.165, 1.54) is 12.8 Å². The van der Waals surface area contributed by atoms with Crippen LogP contribution in [-0.4, -0.2) is 43.2 Å². The summed E-state index contributed by atoms with van der Waals surface area (Å²) in [6, 6.07) is 0. The van der Waals surface area contributed by atoms with Gasteiger partial charge in [-0.15, -0.1) is 0 Å². The fraction of sp³-hybridized carbons (Fsp3) is 0.909. The maximum Gasteiger partial charge on any atom is 0.225 e. The molecule has 0 spiro atoms. The Morgan fingerprint density at radius 2 is 2.33 bits per heavy atom. The molecular weight excluding hydrogens is 192 g/mol. The minimum Gasteiger partial charge on any atom is -0.373 e. The molecule has 2 atom stereocenters. The normalized spacial score (nSPS) is 28.9. The zero-order chi connectivity index (χ0) is 10.8. The van der Waals surface area contributed by atoms with E-state index in [1.807, 2.05) is 11.8 Å². The van der Waals surface area contributed by atoms with Crippen LogP contribution in [0.25, 0.3) is 0 Å². The van der Waals surface area contributed by atoms with E-state index in [0.29, 0.717) is 31.5 Å². The lowest BCUT2D eigenvalue weighted by molar-refractivity contribution is -0.142. The Kier molecular flexibility index (Phi) is 3.26. The van der Waals surface area contributed by atoms with E-state index in [1.54, 1.807) is 0 Å². The molecule has 4 heteroatoms. The Bertz CT molecular complexity index is 241. The van der Waals surface area contributed by atoms with E-state index >= 15 is 0 Å². The van der Waals surface area contributed by atoms with Crippen LogP contribution in [0.1, 0.15) is 19.8 Å². The van der Waals surface area contributed by atoms with Crippen molar-refractivity contribution < 1.29 is 9.53 Å². The molecule has 2 unspecified atom stereocenters. The van der Waals surface area contributed by atoms with Crippen LogP contribution in [0.15, 0.2) is 0 Å². The predicted octanol–water partition coefficient (Wildman–Crippen LogP) is 0.219. The Hall–Kier alpha value is -0.610. The van der Waals surface area contributed by atoms with Gasteiger partial charge < -0.3 is 15.4 Å². The molecule has 2 rings (SSSR count). The Morgan fingerprint density at radius 3 is 2.93 bits per heavy atom. The van der Waals surface area contributed by atoms with Gasteiger partial charge in [-0.05, 0) is 18.8 Å². The summed E-state index contributed by atoms with van der Waals surface area (Å²) in [4.78, 5) is 14.0. The third-order valence-electron chi connectivity index (χ3n) is 3.43. The maximum atomic E-state index is 12.1. The Balaban J connectivity index is 1.88. The standard InChI is InChI=1S/C11H20N2O2/c1-8(9-2-3-9)11(14)13-4-5-15-10(6-12)7-13/h8-10H,2-7,12H2,1H3. The van der Waals surface area contributed by atoms with Crippen LogP contribution in [0, 0.1) is 11.8 Å². The van der Waals surface area contributed by atoms with Crippen molar-refractivity contribution in [2.45, 2.75) is 25.9 Å². The van der Waals surface area contributed by atoms with Gasteiger partial charge in [-0.25, -0.2) is 0 Å². The average molecular weight is 212 g/mol. The smallest absolute Gasteiger partial charge is 0.225 e. The van der Waals surface area contributed by atoms with Crippen molar-refractivity contribution >= 4 is 5.91 Å². The number of hydrogen-bond acceptors (Lipinski definition) is 3. The lowest BCUT2D eigenvalue weighted by atomic mass is 10.0. The maximum absolute atomic E-state index is 12.1. The molecule has 2 aliphatic rings. The third-order valence-corrected chi connectivity index (χ3v) is 3.43. The van der Waals surface area contributed by atoms with Gasteiger partial charge in [0.2, 0.25) is 5.91 Å². The average Bonchev–Trinajstić information content (AvgIpc) is 3.11. The number of nitrogens with zero attached hydrogens (tertiary/aromatic N) is 1. The number of nitrogens with two attached hydrogens (primary N) is 1. The van der Waals surface area contributed by atoms with Crippen molar-refractivity contribution in [1.82, 2.24) is 4.90 Å². The van der Waals surface area contributed by atoms with Crippen LogP contribution in [0.2, 0.25) is 0 Å². The van der Waals surface area contributed by atoms with E-state index in [4.69, 9.17) is 10.5 Å². The molecule has 0 aromatic rings. The van der Waals surface area contributed by atoms with Crippen molar-refractivity contribution in [2.75, 3.05) is 26.2 Å². The highest BCUT2D eigenvalue weighted by atomic mass is 16.5. The largest absolute Gasteiger partial charge is 0.373 e. The second-order valence-electron chi connectivity index (χ2n) is 4.64. The van der Waals surface area contributed by atoms with E-state index in [9.17, 15) is 4.79 Å². The van der Waals surface area contributed by atoms with E-state index in [0.717, 1.165) is 6.54 Å². The van der Waals surface area contributed by atoms with Crippen molar-refractivity contribution in [1.29, 1.82) is 0 Å². The van der Waals surface area contributed by atoms with Gasteiger partial charge in [-0.2, -0.15) is 0 Å². The van der Waals surface area contributed by atoms with Crippen LogP contribution in [0.4, 0.5) is 0 Å². The first kappa shape index (κ1) is 10.9. The first-order valence-electron chi connectivity index (χ1n) is 5.83. The summed E-state index contributed by atoms with van der Waals surface area (Å²) in [7, 11) is 0. The van der Waals surface area contributed by atoms with Gasteiger partial charge in [-0.3, -0.25) is 4.79 Å². The molecule has 0 aromatic carbocycles. The van der Waals surface area contributed by atoms with Crippen LogP contribution in [-0.2, 0) is 9.53 Å². The van der Waals surface area contributed by atoms with Crippen molar-refractivity contribution in [3.63, 3.8) is 0 Å². The lowest BCUT2D eigenvalue weighted by Gasteiger charge is -2.34. The van der Waals surface area contributed by atoms with Gasteiger partial charge in [0.15, 0.2) is 0 Å². The second kappa shape index (κ2) is 4.49. The number of carbonyl (C=O) groups is 1. The highest BCUT2D eigenvalue weighted by Crippen LogP contribution is 2.37. The van der Waals surface area contributed by atoms with Gasteiger partial charge in [0, 0.05) is 25.6 Å². The SMILES string of the molecule is CC(C(=O)N1CCOC(CN)C1)C1CC1. The first-order valence-corrected chi connectivity index (χ1v) is 5.83. The molecule has 0 aromatic heterocycles. The molecular formula is C11H20N2O2. The molecule has 0 bridgehead atoms. The molecule has 2 N–H and O–H groups in total. The zero-order valence-electron chi connectivity index (χ0n) is 9.32. The molecule has 4 nitrogen and oxygen atoms in total. The van der Waals surface area contributed by atoms with Crippen LogP contribution >= 0.6 is 0 Å². The molecule has 1 amide bonds. The highest BCUT2D eigenvalue weighted by molar-refractivity contribution is 5.79. The molecule has 1 aliphatic heterocycles. The summed E-state index contributed by atoms with van der Waals surface area (Å²) in [5.74, 6) is 1.12. The summed E-state index contributed by atoms with van der Waals surface area (Å²) < 4.78 is 5.44. The minimum absolute atomic E-state index is 0.0362. The van der Waals surface area contributed by atoms with E-state index < -0.39 is 0 Å². The molecule has 0 radical (unpaired) electrons. The van der Waals surface area contributed by atoms with Crippen molar-refractivity contribution in [3.05, 3.63) is 0 Å². The number of ether oxygens (including phenoxy) is 1. The summed E-state index contributed by atoms with van der Waals surface area (Å²) in [5, 5.41) is 0. The monoisotopic (exact) mass is 212 g/mol. The quantitative estimate of drug-likeness (QED) is 0.728. The number of rotatable bonds is 3. The molecule has 15 heavy (non-hydrogen) atoms. The zero-order valence-corrected chi connectivity index (χ0v) is 9.32. The Labute approximate surface area is 90.8 Å².